The van der Waals surface area contributed by atoms with Crippen LogP contribution < -0.4 is 5.32 Å². The molecule has 1 atom stereocenters. The van der Waals surface area contributed by atoms with Crippen molar-refractivity contribution in [2.45, 2.75) is 25.3 Å². The van der Waals surface area contributed by atoms with Gasteiger partial charge in [0, 0.05) is 5.25 Å². The molecule has 1 unspecified atom stereocenters. The largest absolute Gasteiger partial charge is 0.416 e. The van der Waals surface area contributed by atoms with Crippen LogP contribution in [-0.4, -0.2) is 17.0 Å². The van der Waals surface area contributed by atoms with Gasteiger partial charge in [0.05, 0.1) is 17.8 Å². The summed E-state index contributed by atoms with van der Waals surface area (Å²) in [6, 6.07) is 2.30. The summed E-state index contributed by atoms with van der Waals surface area (Å²) in [6.45, 7) is 4.67. The molecular weight excluding hydrogens is 292 g/mol. The molecule has 0 saturated heterocycles. The SMILES string of the molecule is CC(C)C1CN=C(Nc2cc(C(F)(F)F)ccc2F)S1. The average Bonchev–Trinajstić information content (AvgIpc) is 2.79. The van der Waals surface area contributed by atoms with E-state index in [1.54, 1.807) is 0 Å². The molecular formula is C13H14F4N2S. The zero-order chi connectivity index (χ0) is 14.9. The summed E-state index contributed by atoms with van der Waals surface area (Å²) in [5.41, 5.74) is -1.08. The van der Waals surface area contributed by atoms with Crippen LogP contribution in [0.15, 0.2) is 23.2 Å². The number of amidine groups is 1. The van der Waals surface area contributed by atoms with Gasteiger partial charge in [-0.25, -0.2) is 4.39 Å². The molecule has 0 fully saturated rings. The zero-order valence-electron chi connectivity index (χ0n) is 11.0. The molecule has 0 radical (unpaired) electrons. The van der Waals surface area contributed by atoms with Crippen molar-refractivity contribution in [2.24, 2.45) is 10.9 Å². The number of nitrogens with one attached hydrogen (secondary N) is 1. The van der Waals surface area contributed by atoms with E-state index < -0.39 is 17.6 Å². The van der Waals surface area contributed by atoms with Gasteiger partial charge < -0.3 is 5.32 Å². The summed E-state index contributed by atoms with van der Waals surface area (Å²) in [4.78, 5) is 4.19. The molecule has 1 heterocycles. The third kappa shape index (κ3) is 3.45. The maximum atomic E-state index is 13.6. The van der Waals surface area contributed by atoms with Crippen molar-refractivity contribution in [3.8, 4) is 0 Å². The van der Waals surface area contributed by atoms with Crippen LogP contribution in [-0.2, 0) is 6.18 Å². The van der Waals surface area contributed by atoms with Crippen molar-refractivity contribution in [1.82, 2.24) is 0 Å². The van der Waals surface area contributed by atoms with Crippen molar-refractivity contribution in [1.29, 1.82) is 0 Å². The number of benzene rings is 1. The quantitative estimate of drug-likeness (QED) is 0.820. The van der Waals surface area contributed by atoms with Gasteiger partial charge in [-0.05, 0) is 24.1 Å². The number of nitrogens with zero attached hydrogens (tertiary/aromatic N) is 1. The first kappa shape index (κ1) is 15.2. The third-order valence-electron chi connectivity index (χ3n) is 2.96. The van der Waals surface area contributed by atoms with E-state index in [2.05, 4.69) is 10.3 Å². The van der Waals surface area contributed by atoms with Crippen LogP contribution in [0.5, 0.6) is 0 Å². The van der Waals surface area contributed by atoms with Gasteiger partial charge in [-0.2, -0.15) is 13.2 Å². The van der Waals surface area contributed by atoms with E-state index >= 15 is 0 Å². The standard InChI is InChI=1S/C13H14F4N2S/c1-7(2)11-6-18-12(20-11)19-10-5-8(13(15,16)17)3-4-9(10)14/h3-5,7,11H,6H2,1-2H3,(H,18,19). The first-order chi connectivity index (χ1) is 9.27. The second-order valence-electron chi connectivity index (χ2n) is 4.86. The number of rotatable bonds is 2. The molecule has 1 aliphatic heterocycles. The number of anilines is 1. The van der Waals surface area contributed by atoms with Crippen LogP contribution in [0, 0.1) is 11.7 Å². The van der Waals surface area contributed by atoms with E-state index in [9.17, 15) is 17.6 Å². The van der Waals surface area contributed by atoms with Crippen molar-refractivity contribution >= 4 is 22.6 Å². The molecule has 0 amide bonds. The highest BCUT2D eigenvalue weighted by atomic mass is 32.2. The monoisotopic (exact) mass is 306 g/mol. The van der Waals surface area contributed by atoms with E-state index in [-0.39, 0.29) is 10.9 Å². The van der Waals surface area contributed by atoms with Crippen LogP contribution >= 0.6 is 11.8 Å². The van der Waals surface area contributed by atoms with E-state index in [1.165, 1.54) is 11.8 Å². The van der Waals surface area contributed by atoms with Gasteiger partial charge in [0.1, 0.15) is 5.82 Å². The Morgan fingerprint density at radius 3 is 2.60 bits per heavy atom. The summed E-state index contributed by atoms with van der Waals surface area (Å²) in [7, 11) is 0. The zero-order valence-corrected chi connectivity index (χ0v) is 11.8. The van der Waals surface area contributed by atoms with E-state index in [1.807, 2.05) is 13.8 Å². The molecule has 0 aromatic heterocycles. The minimum Gasteiger partial charge on any atom is -0.333 e. The molecule has 0 bridgehead atoms. The lowest BCUT2D eigenvalue weighted by atomic mass is 10.1. The minimum atomic E-state index is -4.49. The fraction of sp³-hybridized carbons (Fsp3) is 0.462. The summed E-state index contributed by atoms with van der Waals surface area (Å²) >= 11 is 1.43. The number of thioether (sulfide) groups is 1. The van der Waals surface area contributed by atoms with Crippen molar-refractivity contribution in [3.63, 3.8) is 0 Å². The average molecular weight is 306 g/mol. The molecule has 110 valence electrons. The maximum Gasteiger partial charge on any atom is 0.416 e. The summed E-state index contributed by atoms with van der Waals surface area (Å²) < 4.78 is 51.4. The van der Waals surface area contributed by atoms with Crippen molar-refractivity contribution in [2.75, 3.05) is 11.9 Å². The van der Waals surface area contributed by atoms with Gasteiger partial charge in [-0.1, -0.05) is 25.6 Å². The highest BCUT2D eigenvalue weighted by molar-refractivity contribution is 8.15. The number of hydrogen-bond donors (Lipinski definition) is 1. The first-order valence-electron chi connectivity index (χ1n) is 6.12. The Bertz CT molecular complexity index is 526. The van der Waals surface area contributed by atoms with Crippen LogP contribution in [0.25, 0.3) is 0 Å². The summed E-state index contributed by atoms with van der Waals surface area (Å²) in [5.74, 6) is -0.330. The van der Waals surface area contributed by atoms with E-state index in [0.29, 0.717) is 17.6 Å². The minimum absolute atomic E-state index is 0.199. The first-order valence-corrected chi connectivity index (χ1v) is 7.00. The Morgan fingerprint density at radius 1 is 1.35 bits per heavy atom. The van der Waals surface area contributed by atoms with Gasteiger partial charge in [0.2, 0.25) is 0 Å². The van der Waals surface area contributed by atoms with Gasteiger partial charge in [0.25, 0.3) is 0 Å². The Morgan fingerprint density at radius 2 is 2.05 bits per heavy atom. The molecule has 0 aliphatic carbocycles. The number of halogens is 4. The normalized spacial score (nSPS) is 19.4. The van der Waals surface area contributed by atoms with Crippen molar-refractivity contribution < 1.29 is 17.6 Å². The molecule has 1 aromatic rings. The van der Waals surface area contributed by atoms with Gasteiger partial charge >= 0.3 is 6.18 Å². The Labute approximate surface area is 118 Å². The number of aliphatic imine (C=N–C) groups is 1. The lowest BCUT2D eigenvalue weighted by molar-refractivity contribution is -0.137. The fourth-order valence-corrected chi connectivity index (χ4v) is 2.75. The topological polar surface area (TPSA) is 24.4 Å². The molecule has 20 heavy (non-hydrogen) atoms. The third-order valence-corrected chi connectivity index (χ3v) is 4.41. The van der Waals surface area contributed by atoms with E-state index in [4.69, 9.17) is 0 Å². The van der Waals surface area contributed by atoms with Gasteiger partial charge in [0.15, 0.2) is 5.17 Å². The van der Waals surface area contributed by atoms with Gasteiger partial charge in [-0.3, -0.25) is 4.99 Å². The Kier molecular flexibility index (Phi) is 4.27. The van der Waals surface area contributed by atoms with Gasteiger partial charge in [-0.15, -0.1) is 0 Å². The smallest absolute Gasteiger partial charge is 0.333 e. The van der Waals surface area contributed by atoms with Crippen LogP contribution in [0.1, 0.15) is 19.4 Å². The molecule has 0 spiro atoms. The predicted octanol–water partition coefficient (Wildman–Crippen LogP) is 4.38. The lowest BCUT2D eigenvalue weighted by Gasteiger charge is -2.13. The Balaban J connectivity index is 2.14. The van der Waals surface area contributed by atoms with Crippen LogP contribution in [0.3, 0.4) is 0 Å². The molecule has 1 aromatic carbocycles. The van der Waals surface area contributed by atoms with E-state index in [0.717, 1.165) is 18.2 Å². The highest BCUT2D eigenvalue weighted by Gasteiger charge is 2.31. The predicted molar refractivity (Wildman–Crippen MR) is 73.5 cm³/mol. The summed E-state index contributed by atoms with van der Waals surface area (Å²) in [6.07, 6.45) is -4.49. The Hall–Kier alpha value is -1.24. The second-order valence-corrected chi connectivity index (χ2v) is 6.09. The van der Waals surface area contributed by atoms with Crippen molar-refractivity contribution in [3.05, 3.63) is 29.6 Å². The highest BCUT2D eigenvalue weighted by Crippen LogP contribution is 2.33. The maximum absolute atomic E-state index is 13.6. The van der Waals surface area contributed by atoms with Crippen LogP contribution in [0.2, 0.25) is 0 Å². The fourth-order valence-electron chi connectivity index (χ4n) is 1.72. The molecule has 2 nitrogen and oxygen atoms in total. The molecule has 0 saturated carbocycles. The molecule has 7 heteroatoms. The lowest BCUT2D eigenvalue weighted by Crippen LogP contribution is -2.14. The number of hydrogen-bond acceptors (Lipinski definition) is 3. The molecule has 2 rings (SSSR count). The summed E-state index contributed by atoms with van der Waals surface area (Å²) in [5, 5.41) is 3.37. The second kappa shape index (κ2) is 5.63. The number of alkyl halides is 3. The van der Waals surface area contributed by atoms with Crippen LogP contribution in [0.4, 0.5) is 23.2 Å². The molecule has 1 aliphatic rings. The molecule has 1 N–H and O–H groups in total.